The van der Waals surface area contributed by atoms with Gasteiger partial charge in [-0.15, -0.1) is 0 Å². The zero-order valence-electron chi connectivity index (χ0n) is 41.9. The fourth-order valence-electron chi connectivity index (χ4n) is 13.0. The van der Waals surface area contributed by atoms with Crippen molar-refractivity contribution < 1.29 is 0 Å². The lowest BCUT2D eigenvalue weighted by Crippen LogP contribution is -2.61. The molecule has 0 fully saturated rings. The van der Waals surface area contributed by atoms with Crippen molar-refractivity contribution in [2.45, 2.75) is 137 Å². The molecule has 7 aromatic carbocycles. The molecule has 3 heterocycles. The van der Waals surface area contributed by atoms with E-state index in [1.807, 2.05) is 0 Å². The molecule has 0 unspecified atom stereocenters. The van der Waals surface area contributed by atoms with Gasteiger partial charge in [-0.1, -0.05) is 156 Å². The van der Waals surface area contributed by atoms with Gasteiger partial charge in [-0.2, -0.15) is 0 Å². The molecule has 0 saturated heterocycles. The first-order chi connectivity index (χ1) is 31.1. The first kappa shape index (κ1) is 41.6. The molecule has 0 saturated carbocycles. The van der Waals surface area contributed by atoms with Crippen LogP contribution in [0.2, 0.25) is 0 Å². The van der Waals surface area contributed by atoms with Crippen molar-refractivity contribution in [3.05, 3.63) is 160 Å². The zero-order chi connectivity index (χ0) is 46.4. The monoisotopic (exact) mass is 861 g/mol. The molecule has 8 aromatic rings. The number of fused-ring (bicyclic) bond motifs is 12. The van der Waals surface area contributed by atoms with Gasteiger partial charge in [0.25, 0.3) is 0 Å². The summed E-state index contributed by atoms with van der Waals surface area (Å²) in [4.78, 5) is 2.84. The number of benzene rings is 7. The largest absolute Gasteiger partial charge is 0.376 e. The first-order valence-electron chi connectivity index (χ1n) is 24.7. The van der Waals surface area contributed by atoms with Gasteiger partial charge in [-0.05, 0) is 174 Å². The number of aromatic nitrogens is 1. The third-order valence-electron chi connectivity index (χ3n) is 17.0. The second-order valence-electron chi connectivity index (χ2n) is 24.6. The molecule has 4 aliphatic rings. The highest BCUT2D eigenvalue weighted by Crippen LogP contribution is 2.58. The normalized spacial score (nSPS) is 17.1. The molecule has 0 N–H and O–H groups in total. The number of anilines is 2. The van der Waals surface area contributed by atoms with Crippen LogP contribution in [-0.4, -0.2) is 11.4 Å². The van der Waals surface area contributed by atoms with E-state index in [1.54, 1.807) is 0 Å². The maximum atomic E-state index is 2.84. The molecular weight excluding hydrogens is 796 g/mol. The van der Waals surface area contributed by atoms with Crippen molar-refractivity contribution in [3.63, 3.8) is 0 Å². The van der Waals surface area contributed by atoms with Crippen LogP contribution in [0.3, 0.4) is 0 Å². The molecule has 0 spiro atoms. The summed E-state index contributed by atoms with van der Waals surface area (Å²) in [7, 11) is 0. The Labute approximate surface area is 394 Å². The highest BCUT2D eigenvalue weighted by atomic mass is 15.1. The van der Waals surface area contributed by atoms with Crippen LogP contribution in [0, 0.1) is 13.8 Å². The number of aryl methyl sites for hydroxylation is 2. The number of hydrogen-bond donors (Lipinski definition) is 0. The average Bonchev–Trinajstić information content (AvgIpc) is 3.72. The maximum absolute atomic E-state index is 2.84. The fraction of sp³-hybridized carbons (Fsp3) is 0.333. The van der Waals surface area contributed by atoms with Gasteiger partial charge in [0, 0.05) is 38.8 Å². The molecule has 2 nitrogen and oxygen atoms in total. The van der Waals surface area contributed by atoms with Crippen molar-refractivity contribution >= 4 is 51.0 Å². The molecule has 0 bridgehead atoms. The van der Waals surface area contributed by atoms with Gasteiger partial charge in [-0.25, -0.2) is 0 Å². The summed E-state index contributed by atoms with van der Waals surface area (Å²) < 4.78 is 2.69. The summed E-state index contributed by atoms with van der Waals surface area (Å²) in [6.45, 7) is 33.7. The Morgan fingerprint density at radius 3 is 1.86 bits per heavy atom. The topological polar surface area (TPSA) is 8.17 Å². The molecule has 1 aromatic heterocycles. The van der Waals surface area contributed by atoms with E-state index in [-0.39, 0.29) is 33.9 Å². The quantitative estimate of drug-likeness (QED) is 0.157. The lowest BCUT2D eigenvalue weighted by atomic mass is 9.43. The maximum Gasteiger partial charge on any atom is 0.333 e. The standard InChI is InChI=1S/C63H65BN2/c1-36-19-15-16-20-41(36)38-30-46-55-52(26-24-43-42-21-17-18-22-47(42)63(13,14)56(43)55)66(53-35-49-48(29-37(53)2)61(9,10)27-28-62(49,11)12)64-50-34-40(60(6,7)8)33-45-44-32-39(59(3,4)5)23-25-51(44)65(58(45)50)54(31-38)57(46)64/h15-26,29-35H,27-28H2,1-14H3. The molecule has 2 aliphatic heterocycles. The molecule has 0 atom stereocenters. The molecule has 0 radical (unpaired) electrons. The van der Waals surface area contributed by atoms with Gasteiger partial charge < -0.3 is 9.38 Å². The van der Waals surface area contributed by atoms with Crippen LogP contribution in [-0.2, 0) is 27.1 Å². The van der Waals surface area contributed by atoms with Gasteiger partial charge in [0.2, 0.25) is 0 Å². The van der Waals surface area contributed by atoms with E-state index in [0.29, 0.717) is 0 Å². The summed E-state index contributed by atoms with van der Waals surface area (Å²) in [5, 5.41) is 2.70. The Kier molecular flexibility index (Phi) is 8.33. The van der Waals surface area contributed by atoms with Crippen LogP contribution in [0.4, 0.5) is 11.4 Å². The number of rotatable bonds is 2. The fourth-order valence-corrected chi connectivity index (χ4v) is 13.0. The summed E-state index contributed by atoms with van der Waals surface area (Å²) in [6.07, 6.45) is 2.37. The van der Waals surface area contributed by atoms with Crippen LogP contribution < -0.4 is 15.7 Å². The van der Waals surface area contributed by atoms with Crippen LogP contribution in [0.25, 0.3) is 60.9 Å². The highest BCUT2D eigenvalue weighted by Gasteiger charge is 2.49. The van der Waals surface area contributed by atoms with Gasteiger partial charge in [-0.3, -0.25) is 0 Å². The van der Waals surface area contributed by atoms with Crippen molar-refractivity contribution in [1.82, 2.24) is 4.57 Å². The Bertz CT molecular complexity index is 3450. The SMILES string of the molecule is Cc1ccccc1-c1cc2c3c(c1)-n1c4ccc(C(C)(C)C)cc4c4cc(C(C)(C)C)cc(c41)B3N(c1cc3c(cc1C)C(C)(C)CCC3(C)C)c1ccc3c(c1-2)C(C)(C)c1ccccc1-3. The summed E-state index contributed by atoms with van der Waals surface area (Å²) in [5.41, 5.74) is 28.6. The van der Waals surface area contributed by atoms with Gasteiger partial charge in [0.1, 0.15) is 0 Å². The Morgan fingerprint density at radius 2 is 1.17 bits per heavy atom. The van der Waals surface area contributed by atoms with Gasteiger partial charge in [0.15, 0.2) is 0 Å². The summed E-state index contributed by atoms with van der Waals surface area (Å²) >= 11 is 0. The molecule has 66 heavy (non-hydrogen) atoms. The zero-order valence-corrected chi connectivity index (χ0v) is 41.9. The Hall–Kier alpha value is -5.80. The lowest BCUT2D eigenvalue weighted by molar-refractivity contribution is 0.332. The van der Waals surface area contributed by atoms with Gasteiger partial charge in [0.05, 0.1) is 11.0 Å². The number of hydrogen-bond acceptors (Lipinski definition) is 1. The Morgan fingerprint density at radius 1 is 0.515 bits per heavy atom. The van der Waals surface area contributed by atoms with E-state index < -0.39 is 0 Å². The van der Waals surface area contributed by atoms with Crippen molar-refractivity contribution in [1.29, 1.82) is 0 Å². The minimum absolute atomic E-state index is 0.0112. The molecule has 2 aliphatic carbocycles. The molecule has 12 rings (SSSR count). The van der Waals surface area contributed by atoms with Crippen LogP contribution in [0.1, 0.15) is 140 Å². The van der Waals surface area contributed by atoms with E-state index in [2.05, 4.69) is 222 Å². The smallest absolute Gasteiger partial charge is 0.333 e. The third-order valence-corrected chi connectivity index (χ3v) is 17.0. The van der Waals surface area contributed by atoms with E-state index >= 15 is 0 Å². The van der Waals surface area contributed by atoms with E-state index in [1.165, 1.54) is 141 Å². The summed E-state index contributed by atoms with van der Waals surface area (Å²) in [6, 6.07) is 46.1. The van der Waals surface area contributed by atoms with Crippen LogP contribution in [0.5, 0.6) is 0 Å². The van der Waals surface area contributed by atoms with Crippen LogP contribution >= 0.6 is 0 Å². The van der Waals surface area contributed by atoms with Crippen LogP contribution in [0.15, 0.2) is 115 Å². The number of nitrogens with zero attached hydrogens (tertiary/aromatic N) is 2. The predicted octanol–water partition coefficient (Wildman–Crippen LogP) is 15.6. The second-order valence-corrected chi connectivity index (χ2v) is 24.6. The third kappa shape index (κ3) is 5.55. The molecule has 330 valence electrons. The second kappa shape index (κ2) is 13.2. The average molecular weight is 861 g/mol. The molecule has 3 heteroatoms. The highest BCUT2D eigenvalue weighted by molar-refractivity contribution is 6.93. The van der Waals surface area contributed by atoms with Crippen molar-refractivity contribution in [2.75, 3.05) is 4.81 Å². The van der Waals surface area contributed by atoms with E-state index in [9.17, 15) is 0 Å². The minimum atomic E-state index is -0.221. The molecule has 0 amide bonds. The predicted molar refractivity (Wildman–Crippen MR) is 285 cm³/mol. The Balaban J connectivity index is 1.30. The lowest BCUT2D eigenvalue weighted by Gasteiger charge is -2.46. The summed E-state index contributed by atoms with van der Waals surface area (Å²) in [5.74, 6) is 0. The van der Waals surface area contributed by atoms with E-state index in [0.717, 1.165) is 0 Å². The minimum Gasteiger partial charge on any atom is -0.376 e. The first-order valence-corrected chi connectivity index (χ1v) is 24.7. The van der Waals surface area contributed by atoms with Gasteiger partial charge >= 0.3 is 6.85 Å². The molecular formula is C63H65BN2. The van der Waals surface area contributed by atoms with Crippen molar-refractivity contribution in [2.24, 2.45) is 0 Å². The van der Waals surface area contributed by atoms with Crippen molar-refractivity contribution in [3.8, 4) is 39.1 Å². The van der Waals surface area contributed by atoms with E-state index in [4.69, 9.17) is 0 Å².